The molecule has 5 nitrogen and oxygen atoms in total. The van der Waals surface area contributed by atoms with Crippen molar-refractivity contribution >= 4 is 17.5 Å². The van der Waals surface area contributed by atoms with Crippen LogP contribution in [-0.4, -0.2) is 55.5 Å². The fourth-order valence-corrected chi connectivity index (χ4v) is 4.31. The van der Waals surface area contributed by atoms with Gasteiger partial charge in [-0.15, -0.1) is 0 Å². The van der Waals surface area contributed by atoms with Gasteiger partial charge in [0.15, 0.2) is 0 Å². The van der Waals surface area contributed by atoms with Crippen LogP contribution in [0.2, 0.25) is 5.02 Å². The fourth-order valence-electron chi connectivity index (χ4n) is 4.12. The molecule has 1 saturated heterocycles. The Labute approximate surface area is 155 Å². The number of amides is 1. The summed E-state index contributed by atoms with van der Waals surface area (Å²) in [5, 5.41) is 0.721. The largest absolute Gasteiger partial charge is 0.496 e. The van der Waals surface area contributed by atoms with Crippen molar-refractivity contribution in [3.8, 4) is 5.75 Å². The van der Waals surface area contributed by atoms with Crippen molar-refractivity contribution in [1.82, 2.24) is 9.80 Å². The molecule has 1 heterocycles. The maximum absolute atomic E-state index is 12.8. The first kappa shape index (κ1) is 18.5. The van der Waals surface area contributed by atoms with E-state index in [0.717, 1.165) is 68.3 Å². The molecule has 6 heteroatoms. The Bertz CT molecular complexity index is 602. The van der Waals surface area contributed by atoms with Crippen LogP contribution in [0.1, 0.15) is 24.8 Å². The van der Waals surface area contributed by atoms with Gasteiger partial charge in [0.25, 0.3) is 0 Å². The first-order valence-electron chi connectivity index (χ1n) is 9.16. The van der Waals surface area contributed by atoms with Crippen LogP contribution in [0.25, 0.3) is 0 Å². The van der Waals surface area contributed by atoms with Gasteiger partial charge in [-0.1, -0.05) is 18.0 Å². The molecule has 0 unspecified atom stereocenters. The van der Waals surface area contributed by atoms with Crippen LogP contribution in [0, 0.1) is 11.8 Å². The smallest absolute Gasteiger partial charge is 0.226 e. The second-order valence-electron chi connectivity index (χ2n) is 7.09. The number of rotatable bonds is 5. The lowest BCUT2D eigenvalue weighted by molar-refractivity contribution is -0.138. The van der Waals surface area contributed by atoms with Gasteiger partial charge < -0.3 is 15.4 Å². The van der Waals surface area contributed by atoms with Gasteiger partial charge in [-0.05, 0) is 43.5 Å². The Morgan fingerprint density at radius 1 is 1.28 bits per heavy atom. The summed E-state index contributed by atoms with van der Waals surface area (Å²) < 4.78 is 5.43. The van der Waals surface area contributed by atoms with Crippen LogP contribution >= 0.6 is 11.6 Å². The lowest BCUT2D eigenvalue weighted by Gasteiger charge is -2.37. The molecular formula is C19H28ClN3O2. The Hall–Kier alpha value is -1.30. The molecule has 0 spiro atoms. The monoisotopic (exact) mass is 365 g/mol. The van der Waals surface area contributed by atoms with Gasteiger partial charge in [0.05, 0.1) is 7.11 Å². The van der Waals surface area contributed by atoms with E-state index in [1.165, 1.54) is 0 Å². The lowest BCUT2D eigenvalue weighted by Crippen LogP contribution is -2.50. The van der Waals surface area contributed by atoms with E-state index in [-0.39, 0.29) is 5.92 Å². The van der Waals surface area contributed by atoms with Gasteiger partial charge in [0.2, 0.25) is 5.91 Å². The Morgan fingerprint density at radius 2 is 2.04 bits per heavy atom. The van der Waals surface area contributed by atoms with Crippen molar-refractivity contribution < 1.29 is 9.53 Å². The maximum atomic E-state index is 12.8. The van der Waals surface area contributed by atoms with Crippen LogP contribution in [0.15, 0.2) is 18.2 Å². The molecule has 2 aliphatic rings. The molecule has 0 bridgehead atoms. The van der Waals surface area contributed by atoms with E-state index < -0.39 is 0 Å². The topological polar surface area (TPSA) is 58.8 Å². The minimum atomic E-state index is 0.143. The summed E-state index contributed by atoms with van der Waals surface area (Å²) in [4.78, 5) is 17.2. The fraction of sp³-hybridized carbons (Fsp3) is 0.632. The number of carbonyl (C=O) groups is 1. The quantitative estimate of drug-likeness (QED) is 0.870. The number of halogens is 1. The average Bonchev–Trinajstić information content (AvgIpc) is 3.11. The summed E-state index contributed by atoms with van der Waals surface area (Å²) >= 11 is 6.12. The highest BCUT2D eigenvalue weighted by atomic mass is 35.5. The number of nitrogens with two attached hydrogens (primary N) is 1. The number of hydrogen-bond acceptors (Lipinski definition) is 4. The number of benzene rings is 1. The Morgan fingerprint density at radius 3 is 2.72 bits per heavy atom. The van der Waals surface area contributed by atoms with E-state index in [1.54, 1.807) is 7.11 Å². The van der Waals surface area contributed by atoms with E-state index in [4.69, 9.17) is 22.1 Å². The van der Waals surface area contributed by atoms with Crippen molar-refractivity contribution in [3.05, 3.63) is 28.8 Å². The molecule has 2 N–H and O–H groups in total. The van der Waals surface area contributed by atoms with Crippen LogP contribution in [0.4, 0.5) is 0 Å². The molecule has 0 aromatic heterocycles. The highest BCUT2D eigenvalue weighted by Gasteiger charge is 2.35. The highest BCUT2D eigenvalue weighted by molar-refractivity contribution is 6.30. The third-order valence-electron chi connectivity index (χ3n) is 5.60. The molecule has 2 atom stereocenters. The van der Waals surface area contributed by atoms with Gasteiger partial charge in [-0.3, -0.25) is 9.69 Å². The van der Waals surface area contributed by atoms with Gasteiger partial charge in [-0.25, -0.2) is 0 Å². The molecule has 138 valence electrons. The van der Waals surface area contributed by atoms with Crippen LogP contribution in [-0.2, 0) is 11.3 Å². The molecule has 1 saturated carbocycles. The predicted molar refractivity (Wildman–Crippen MR) is 99.7 cm³/mol. The summed E-state index contributed by atoms with van der Waals surface area (Å²) in [5.41, 5.74) is 6.93. The molecule has 1 aliphatic heterocycles. The summed E-state index contributed by atoms with van der Waals surface area (Å²) in [6, 6.07) is 5.71. The van der Waals surface area contributed by atoms with Gasteiger partial charge in [0, 0.05) is 49.2 Å². The molecule has 1 aliphatic carbocycles. The number of carbonyl (C=O) groups excluding carboxylic acids is 1. The maximum Gasteiger partial charge on any atom is 0.226 e. The first-order valence-corrected chi connectivity index (χ1v) is 9.53. The zero-order valence-electron chi connectivity index (χ0n) is 14.9. The number of hydrogen-bond donors (Lipinski definition) is 1. The van der Waals surface area contributed by atoms with E-state index in [1.807, 2.05) is 23.1 Å². The van der Waals surface area contributed by atoms with Crippen molar-refractivity contribution in [2.75, 3.05) is 39.8 Å². The second kappa shape index (κ2) is 8.39. The standard InChI is InChI=1S/C19H28ClN3O2/c1-25-18-6-5-16(20)11-15(18)13-22-7-9-23(10-8-22)19(24)17-4-2-3-14(17)12-21/h5-6,11,14,17H,2-4,7-10,12-13,21H2,1H3/t14-,17-/m1/s1. The van der Waals surface area contributed by atoms with E-state index in [9.17, 15) is 4.79 Å². The number of methoxy groups -OCH3 is 1. The van der Waals surface area contributed by atoms with Gasteiger partial charge >= 0.3 is 0 Å². The molecule has 1 aromatic carbocycles. The van der Waals surface area contributed by atoms with E-state index in [2.05, 4.69) is 4.90 Å². The Balaban J connectivity index is 1.55. The minimum Gasteiger partial charge on any atom is -0.496 e. The molecule has 0 radical (unpaired) electrons. The molecule has 1 amide bonds. The normalized spacial score (nSPS) is 24.5. The molecule has 3 rings (SSSR count). The second-order valence-corrected chi connectivity index (χ2v) is 7.53. The van der Waals surface area contributed by atoms with Crippen molar-refractivity contribution in [2.45, 2.75) is 25.8 Å². The van der Waals surface area contributed by atoms with Crippen LogP contribution < -0.4 is 10.5 Å². The Kier molecular flexibility index (Phi) is 6.20. The summed E-state index contributed by atoms with van der Waals surface area (Å²) in [5.74, 6) is 1.69. The summed E-state index contributed by atoms with van der Waals surface area (Å²) in [6.45, 7) is 4.75. The SMILES string of the molecule is COc1ccc(Cl)cc1CN1CCN(C(=O)[C@@H]2CCC[C@@H]2CN)CC1. The van der Waals surface area contributed by atoms with Crippen molar-refractivity contribution in [3.63, 3.8) is 0 Å². The zero-order valence-corrected chi connectivity index (χ0v) is 15.7. The summed E-state index contributed by atoms with van der Waals surface area (Å²) in [6.07, 6.45) is 3.23. The summed E-state index contributed by atoms with van der Waals surface area (Å²) in [7, 11) is 1.68. The lowest BCUT2D eigenvalue weighted by atomic mass is 9.94. The first-order chi connectivity index (χ1) is 12.1. The van der Waals surface area contributed by atoms with Gasteiger partial charge in [-0.2, -0.15) is 0 Å². The van der Waals surface area contributed by atoms with Crippen molar-refractivity contribution in [1.29, 1.82) is 0 Å². The number of nitrogens with zero attached hydrogens (tertiary/aromatic N) is 2. The predicted octanol–water partition coefficient (Wildman–Crippen LogP) is 2.37. The number of ether oxygens (including phenoxy) is 1. The molecule has 25 heavy (non-hydrogen) atoms. The molecule has 2 fully saturated rings. The molecular weight excluding hydrogens is 338 g/mol. The van der Waals surface area contributed by atoms with Gasteiger partial charge in [0.1, 0.15) is 5.75 Å². The van der Waals surface area contributed by atoms with E-state index in [0.29, 0.717) is 18.4 Å². The van der Waals surface area contributed by atoms with Crippen LogP contribution in [0.3, 0.4) is 0 Å². The zero-order chi connectivity index (χ0) is 17.8. The number of piperazine rings is 1. The third kappa shape index (κ3) is 4.27. The average molecular weight is 366 g/mol. The minimum absolute atomic E-state index is 0.143. The highest BCUT2D eigenvalue weighted by Crippen LogP contribution is 2.32. The van der Waals surface area contributed by atoms with Crippen LogP contribution in [0.5, 0.6) is 5.75 Å². The molecule has 1 aromatic rings. The van der Waals surface area contributed by atoms with E-state index >= 15 is 0 Å². The third-order valence-corrected chi connectivity index (χ3v) is 5.83. The van der Waals surface area contributed by atoms with Crippen molar-refractivity contribution in [2.24, 2.45) is 17.6 Å².